The van der Waals surface area contributed by atoms with Crippen LogP contribution >= 0.6 is 0 Å². The first-order chi connectivity index (χ1) is 7.81. The predicted molar refractivity (Wildman–Crippen MR) is 61.0 cm³/mol. The number of hydrogen-bond acceptors (Lipinski definition) is 5. The van der Waals surface area contributed by atoms with Gasteiger partial charge in [0.15, 0.2) is 0 Å². The van der Waals surface area contributed by atoms with Gasteiger partial charge in [0.2, 0.25) is 5.82 Å². The first-order valence-corrected chi connectivity index (χ1v) is 5.31. The number of rotatable bonds is 4. The molecule has 0 aliphatic rings. The van der Waals surface area contributed by atoms with Crippen LogP contribution < -0.4 is 5.32 Å². The molecule has 0 aliphatic carbocycles. The van der Waals surface area contributed by atoms with Crippen molar-refractivity contribution in [3.63, 3.8) is 0 Å². The first-order valence-electron chi connectivity index (χ1n) is 5.31. The molecule has 16 heavy (non-hydrogen) atoms. The molecule has 5 heteroatoms. The summed E-state index contributed by atoms with van der Waals surface area (Å²) in [6, 6.07) is 4.30. The van der Waals surface area contributed by atoms with Gasteiger partial charge in [0.05, 0.1) is 0 Å². The summed E-state index contributed by atoms with van der Waals surface area (Å²) in [6.45, 7) is 4.87. The molecular formula is C11H14N4O. The second-order valence-corrected chi connectivity index (χ2v) is 3.52. The molecule has 0 spiro atoms. The first kappa shape index (κ1) is 10.6. The third-order valence-corrected chi connectivity index (χ3v) is 2.17. The largest absolute Gasteiger partial charge is 0.338 e. The summed E-state index contributed by atoms with van der Waals surface area (Å²) < 4.78 is 5.06. The van der Waals surface area contributed by atoms with Gasteiger partial charge in [0.1, 0.15) is 5.69 Å². The maximum atomic E-state index is 5.06. The van der Waals surface area contributed by atoms with Gasteiger partial charge in [-0.15, -0.1) is 0 Å². The number of anilines is 1. The summed E-state index contributed by atoms with van der Waals surface area (Å²) in [5.74, 6) is 0.525. The third-order valence-electron chi connectivity index (χ3n) is 2.17. The molecule has 0 saturated heterocycles. The van der Waals surface area contributed by atoms with E-state index in [1.54, 1.807) is 6.20 Å². The van der Waals surface area contributed by atoms with Crippen LogP contribution in [0.4, 0.5) is 6.01 Å². The standard InChI is InChI=1S/C11H14N4O/c1-3-6-13-11-14-10(15-16-11)9-8(2)5-4-7-12-9/h4-5,7H,3,6H2,1-2H3,(H,13,14,15). The highest BCUT2D eigenvalue weighted by molar-refractivity contribution is 5.54. The minimum atomic E-state index is 0.446. The molecule has 84 valence electrons. The molecule has 0 radical (unpaired) electrons. The van der Waals surface area contributed by atoms with Crippen LogP contribution in [0.2, 0.25) is 0 Å². The Labute approximate surface area is 93.9 Å². The van der Waals surface area contributed by atoms with Gasteiger partial charge in [0, 0.05) is 12.7 Å². The van der Waals surface area contributed by atoms with Crippen molar-refractivity contribution in [1.82, 2.24) is 15.1 Å². The summed E-state index contributed by atoms with van der Waals surface area (Å²) in [4.78, 5) is 8.46. The van der Waals surface area contributed by atoms with Crippen LogP contribution in [-0.2, 0) is 0 Å². The number of nitrogens with zero attached hydrogens (tertiary/aromatic N) is 3. The van der Waals surface area contributed by atoms with Gasteiger partial charge in [0.25, 0.3) is 0 Å². The van der Waals surface area contributed by atoms with Crippen molar-refractivity contribution in [2.45, 2.75) is 20.3 Å². The van der Waals surface area contributed by atoms with Gasteiger partial charge in [-0.05, 0) is 25.0 Å². The van der Waals surface area contributed by atoms with Crippen molar-refractivity contribution in [3.8, 4) is 11.5 Å². The molecule has 5 nitrogen and oxygen atoms in total. The van der Waals surface area contributed by atoms with Gasteiger partial charge in [-0.1, -0.05) is 18.1 Å². The molecule has 0 fully saturated rings. The molecule has 0 aliphatic heterocycles. The van der Waals surface area contributed by atoms with Crippen LogP contribution in [0.5, 0.6) is 0 Å². The van der Waals surface area contributed by atoms with E-state index in [9.17, 15) is 0 Å². The van der Waals surface area contributed by atoms with Crippen LogP contribution in [0.15, 0.2) is 22.9 Å². The van der Waals surface area contributed by atoms with Crippen molar-refractivity contribution in [2.75, 3.05) is 11.9 Å². The van der Waals surface area contributed by atoms with Crippen molar-refractivity contribution < 1.29 is 4.52 Å². The van der Waals surface area contributed by atoms with Gasteiger partial charge < -0.3 is 9.84 Å². The Balaban J connectivity index is 2.22. The van der Waals surface area contributed by atoms with E-state index in [1.807, 2.05) is 19.1 Å². The number of aromatic nitrogens is 3. The SMILES string of the molecule is CCCNc1nc(-c2ncccc2C)no1. The fraction of sp³-hybridized carbons (Fsp3) is 0.364. The van der Waals surface area contributed by atoms with E-state index in [0.717, 1.165) is 24.2 Å². The Morgan fingerprint density at radius 3 is 3.06 bits per heavy atom. The van der Waals surface area contributed by atoms with Crippen molar-refractivity contribution in [3.05, 3.63) is 23.9 Å². The van der Waals surface area contributed by atoms with E-state index in [2.05, 4.69) is 27.4 Å². The minimum Gasteiger partial charge on any atom is -0.338 e. The fourth-order valence-electron chi connectivity index (χ4n) is 1.34. The summed E-state index contributed by atoms with van der Waals surface area (Å²) >= 11 is 0. The zero-order valence-electron chi connectivity index (χ0n) is 9.40. The summed E-state index contributed by atoms with van der Waals surface area (Å²) in [7, 11) is 0. The van der Waals surface area contributed by atoms with Crippen LogP contribution in [-0.4, -0.2) is 21.7 Å². The van der Waals surface area contributed by atoms with Crippen molar-refractivity contribution >= 4 is 6.01 Å². The predicted octanol–water partition coefficient (Wildman–Crippen LogP) is 2.26. The van der Waals surface area contributed by atoms with E-state index in [4.69, 9.17) is 4.52 Å². The van der Waals surface area contributed by atoms with E-state index < -0.39 is 0 Å². The lowest BCUT2D eigenvalue weighted by Crippen LogP contribution is -1.99. The molecule has 0 aromatic carbocycles. The molecule has 0 amide bonds. The second-order valence-electron chi connectivity index (χ2n) is 3.52. The Kier molecular flexibility index (Phi) is 3.14. The summed E-state index contributed by atoms with van der Waals surface area (Å²) in [5.41, 5.74) is 1.79. The Hall–Kier alpha value is -1.91. The molecule has 0 unspecified atom stereocenters. The van der Waals surface area contributed by atoms with Crippen molar-refractivity contribution in [1.29, 1.82) is 0 Å². The average molecular weight is 218 g/mol. The third kappa shape index (κ3) is 2.18. The minimum absolute atomic E-state index is 0.446. The molecule has 2 aromatic rings. The van der Waals surface area contributed by atoms with Crippen LogP contribution in [0.25, 0.3) is 11.5 Å². The van der Waals surface area contributed by atoms with Gasteiger partial charge >= 0.3 is 6.01 Å². The van der Waals surface area contributed by atoms with Gasteiger partial charge in [-0.3, -0.25) is 4.98 Å². The van der Waals surface area contributed by atoms with Crippen LogP contribution in [0.1, 0.15) is 18.9 Å². The number of nitrogens with one attached hydrogen (secondary N) is 1. The average Bonchev–Trinajstić information content (AvgIpc) is 2.75. The normalized spacial score (nSPS) is 10.4. The van der Waals surface area contributed by atoms with Gasteiger partial charge in [-0.2, -0.15) is 4.98 Å². The molecule has 2 rings (SSSR count). The quantitative estimate of drug-likeness (QED) is 0.852. The molecule has 0 bridgehead atoms. The lowest BCUT2D eigenvalue weighted by Gasteiger charge is -1.97. The number of aryl methyl sites for hydroxylation is 1. The van der Waals surface area contributed by atoms with Crippen molar-refractivity contribution in [2.24, 2.45) is 0 Å². The molecular weight excluding hydrogens is 204 g/mol. The van der Waals surface area contributed by atoms with E-state index in [-0.39, 0.29) is 0 Å². The summed E-state index contributed by atoms with van der Waals surface area (Å²) in [6.07, 6.45) is 2.73. The summed E-state index contributed by atoms with van der Waals surface area (Å²) in [5, 5.41) is 6.92. The molecule has 0 saturated carbocycles. The molecule has 1 N–H and O–H groups in total. The monoisotopic (exact) mass is 218 g/mol. The lowest BCUT2D eigenvalue weighted by atomic mass is 10.2. The highest BCUT2D eigenvalue weighted by atomic mass is 16.5. The Bertz CT molecular complexity index is 467. The van der Waals surface area contributed by atoms with E-state index >= 15 is 0 Å². The lowest BCUT2D eigenvalue weighted by molar-refractivity contribution is 0.432. The number of hydrogen-bond donors (Lipinski definition) is 1. The zero-order valence-corrected chi connectivity index (χ0v) is 9.40. The maximum absolute atomic E-state index is 5.06. The van der Waals surface area contributed by atoms with E-state index in [0.29, 0.717) is 11.8 Å². The number of pyridine rings is 1. The Morgan fingerprint density at radius 1 is 1.44 bits per heavy atom. The Morgan fingerprint density at radius 2 is 2.31 bits per heavy atom. The molecule has 2 heterocycles. The van der Waals surface area contributed by atoms with Crippen LogP contribution in [0, 0.1) is 6.92 Å². The highest BCUT2D eigenvalue weighted by Crippen LogP contribution is 2.18. The molecule has 2 aromatic heterocycles. The topological polar surface area (TPSA) is 63.8 Å². The van der Waals surface area contributed by atoms with Crippen LogP contribution in [0.3, 0.4) is 0 Å². The highest BCUT2D eigenvalue weighted by Gasteiger charge is 2.10. The molecule has 0 atom stereocenters. The zero-order chi connectivity index (χ0) is 11.4. The second kappa shape index (κ2) is 4.74. The smallest absolute Gasteiger partial charge is 0.321 e. The maximum Gasteiger partial charge on any atom is 0.321 e. The fourth-order valence-corrected chi connectivity index (χ4v) is 1.34. The van der Waals surface area contributed by atoms with Gasteiger partial charge in [-0.25, -0.2) is 0 Å². The van der Waals surface area contributed by atoms with E-state index in [1.165, 1.54) is 0 Å².